The molecule has 3 heterocycles. The SMILES string of the molecule is CCOc1cccc([C@H]2/C(=C(\O)c3ccc4c(c3)OCCO4)C(=O)C(=O)N2Cc2ccco2)c1. The van der Waals surface area contributed by atoms with Gasteiger partial charge in [-0.25, -0.2) is 0 Å². The Labute approximate surface area is 196 Å². The van der Waals surface area contributed by atoms with Crippen LogP contribution >= 0.6 is 0 Å². The molecule has 0 radical (unpaired) electrons. The molecule has 8 nitrogen and oxygen atoms in total. The van der Waals surface area contributed by atoms with Gasteiger partial charge in [0.15, 0.2) is 11.5 Å². The van der Waals surface area contributed by atoms with Gasteiger partial charge >= 0.3 is 0 Å². The van der Waals surface area contributed by atoms with E-state index in [-0.39, 0.29) is 17.9 Å². The van der Waals surface area contributed by atoms with Crippen LogP contribution in [0.1, 0.15) is 29.9 Å². The Balaban J connectivity index is 1.63. The highest BCUT2D eigenvalue weighted by Crippen LogP contribution is 2.42. The van der Waals surface area contributed by atoms with Crippen LogP contribution in [0.15, 0.2) is 70.9 Å². The standard InChI is InChI=1S/C26H23NO7/c1-2-31-18-6-3-5-16(13-18)23-22(25(29)26(30)27(23)15-19-7-4-10-32-19)24(28)17-8-9-20-21(14-17)34-12-11-33-20/h3-10,13-14,23,28H,2,11-12,15H2,1H3/b24-22+/t23-/m0/s1. The molecule has 1 N–H and O–H groups in total. The number of rotatable bonds is 6. The Morgan fingerprint density at radius 3 is 2.65 bits per heavy atom. The number of amides is 1. The highest BCUT2D eigenvalue weighted by atomic mass is 16.6. The highest BCUT2D eigenvalue weighted by molar-refractivity contribution is 6.46. The van der Waals surface area contributed by atoms with Gasteiger partial charge < -0.3 is 28.6 Å². The zero-order chi connectivity index (χ0) is 23.7. The Morgan fingerprint density at radius 2 is 1.88 bits per heavy atom. The number of nitrogens with zero attached hydrogens (tertiary/aromatic N) is 1. The van der Waals surface area contributed by atoms with Gasteiger partial charge in [-0.2, -0.15) is 0 Å². The molecule has 0 spiro atoms. The molecule has 0 aliphatic carbocycles. The van der Waals surface area contributed by atoms with Gasteiger partial charge in [-0.05, 0) is 55.0 Å². The van der Waals surface area contributed by atoms with Crippen molar-refractivity contribution in [3.63, 3.8) is 0 Å². The second kappa shape index (κ2) is 8.97. The number of likely N-dealkylation sites (tertiary alicyclic amines) is 1. The van der Waals surface area contributed by atoms with E-state index in [0.717, 1.165) is 0 Å². The summed E-state index contributed by atoms with van der Waals surface area (Å²) in [5.41, 5.74) is 0.976. The fourth-order valence-corrected chi connectivity index (χ4v) is 4.25. The zero-order valence-corrected chi connectivity index (χ0v) is 18.5. The number of furan rings is 1. The van der Waals surface area contributed by atoms with Gasteiger partial charge in [-0.3, -0.25) is 9.59 Å². The van der Waals surface area contributed by atoms with Crippen molar-refractivity contribution < 1.29 is 33.3 Å². The third kappa shape index (κ3) is 3.87. The lowest BCUT2D eigenvalue weighted by Gasteiger charge is -2.25. The maximum Gasteiger partial charge on any atom is 0.296 e. The summed E-state index contributed by atoms with van der Waals surface area (Å²) in [4.78, 5) is 27.7. The number of carbonyl (C=O) groups excluding carboxylic acids is 2. The lowest BCUT2D eigenvalue weighted by molar-refractivity contribution is -0.140. The minimum Gasteiger partial charge on any atom is -0.507 e. The normalized spacial score (nSPS) is 18.9. The molecule has 8 heteroatoms. The number of hydrogen-bond acceptors (Lipinski definition) is 7. The van der Waals surface area contributed by atoms with Crippen molar-refractivity contribution in [2.75, 3.05) is 19.8 Å². The molecule has 2 aliphatic heterocycles. The van der Waals surface area contributed by atoms with E-state index >= 15 is 0 Å². The summed E-state index contributed by atoms with van der Waals surface area (Å²) in [6.07, 6.45) is 1.51. The molecule has 1 amide bonds. The molecular weight excluding hydrogens is 438 g/mol. The monoisotopic (exact) mass is 461 g/mol. The van der Waals surface area contributed by atoms with Crippen molar-refractivity contribution in [1.29, 1.82) is 0 Å². The Bertz CT molecular complexity index is 1260. The lowest BCUT2D eigenvalue weighted by Crippen LogP contribution is -2.29. The van der Waals surface area contributed by atoms with E-state index in [1.165, 1.54) is 11.2 Å². The number of Topliss-reactive ketones (excluding diaryl/α,β-unsaturated/α-hetero) is 1. The second-order valence-corrected chi connectivity index (χ2v) is 7.87. The van der Waals surface area contributed by atoms with E-state index in [4.69, 9.17) is 18.6 Å². The van der Waals surface area contributed by atoms with Gasteiger partial charge in [0.05, 0.1) is 31.0 Å². The van der Waals surface area contributed by atoms with Crippen molar-refractivity contribution in [2.24, 2.45) is 0 Å². The maximum atomic E-state index is 13.2. The first-order valence-corrected chi connectivity index (χ1v) is 11.0. The van der Waals surface area contributed by atoms with Crippen LogP contribution in [-0.4, -0.2) is 41.5 Å². The van der Waals surface area contributed by atoms with Crippen LogP contribution < -0.4 is 14.2 Å². The van der Waals surface area contributed by atoms with Crippen LogP contribution in [0.5, 0.6) is 17.2 Å². The average molecular weight is 461 g/mol. The minimum absolute atomic E-state index is 0.0121. The quantitative estimate of drug-likeness (QED) is 0.336. The zero-order valence-electron chi connectivity index (χ0n) is 18.5. The summed E-state index contributed by atoms with van der Waals surface area (Å²) in [6, 6.07) is 14.7. The first-order chi connectivity index (χ1) is 16.6. The van der Waals surface area contributed by atoms with E-state index in [1.807, 2.05) is 6.92 Å². The molecule has 0 unspecified atom stereocenters. The molecule has 0 bridgehead atoms. The Morgan fingerprint density at radius 1 is 1.06 bits per heavy atom. The summed E-state index contributed by atoms with van der Waals surface area (Å²) in [7, 11) is 0. The number of ketones is 1. The van der Waals surface area contributed by atoms with Crippen LogP contribution in [0, 0.1) is 0 Å². The Hall–Kier alpha value is -4.20. The van der Waals surface area contributed by atoms with Crippen LogP contribution in [0.4, 0.5) is 0 Å². The minimum atomic E-state index is -0.835. The molecule has 0 saturated carbocycles. The molecule has 2 aliphatic rings. The maximum absolute atomic E-state index is 13.2. The fraction of sp³-hybridized carbons (Fsp3) is 0.231. The smallest absolute Gasteiger partial charge is 0.296 e. The highest BCUT2D eigenvalue weighted by Gasteiger charge is 2.46. The van der Waals surface area contributed by atoms with E-state index in [1.54, 1.807) is 54.6 Å². The van der Waals surface area contributed by atoms with Crippen LogP contribution in [0.3, 0.4) is 0 Å². The number of benzene rings is 2. The molecule has 174 valence electrons. The van der Waals surface area contributed by atoms with Crippen molar-refractivity contribution in [3.05, 3.63) is 83.3 Å². The Kier molecular flexibility index (Phi) is 5.71. The summed E-state index contributed by atoms with van der Waals surface area (Å²) >= 11 is 0. The molecule has 1 saturated heterocycles. The van der Waals surface area contributed by atoms with E-state index in [9.17, 15) is 14.7 Å². The van der Waals surface area contributed by atoms with Gasteiger partial charge in [0.2, 0.25) is 0 Å². The molecule has 1 aromatic heterocycles. The predicted octanol–water partition coefficient (Wildman–Crippen LogP) is 4.07. The average Bonchev–Trinajstić information content (AvgIpc) is 3.46. The van der Waals surface area contributed by atoms with Gasteiger partial charge in [-0.1, -0.05) is 12.1 Å². The van der Waals surface area contributed by atoms with Gasteiger partial charge in [0.25, 0.3) is 11.7 Å². The molecule has 3 aromatic rings. The van der Waals surface area contributed by atoms with E-state index in [2.05, 4.69) is 0 Å². The number of aliphatic hydroxyl groups is 1. The second-order valence-electron chi connectivity index (χ2n) is 7.87. The summed E-state index contributed by atoms with van der Waals surface area (Å²) in [6.45, 7) is 3.23. The van der Waals surface area contributed by atoms with Crippen molar-refractivity contribution in [2.45, 2.75) is 19.5 Å². The molecule has 1 atom stereocenters. The summed E-state index contributed by atoms with van der Waals surface area (Å²) in [5, 5.41) is 11.3. The van der Waals surface area contributed by atoms with Crippen LogP contribution in [-0.2, 0) is 16.1 Å². The topological polar surface area (TPSA) is 98.4 Å². The number of aliphatic hydroxyl groups excluding tert-OH is 1. The van der Waals surface area contributed by atoms with Crippen LogP contribution in [0.25, 0.3) is 5.76 Å². The largest absolute Gasteiger partial charge is 0.507 e. The number of carbonyl (C=O) groups is 2. The third-order valence-corrected chi connectivity index (χ3v) is 5.75. The number of ether oxygens (including phenoxy) is 3. The first-order valence-electron chi connectivity index (χ1n) is 11.0. The van der Waals surface area contributed by atoms with E-state index < -0.39 is 17.7 Å². The first kappa shape index (κ1) is 21.6. The molecule has 34 heavy (non-hydrogen) atoms. The lowest BCUT2D eigenvalue weighted by atomic mass is 9.95. The fourth-order valence-electron chi connectivity index (χ4n) is 4.25. The van der Waals surface area contributed by atoms with Gasteiger partial charge in [-0.15, -0.1) is 0 Å². The summed E-state index contributed by atoms with van der Waals surface area (Å²) < 4.78 is 22.2. The van der Waals surface area contributed by atoms with Crippen molar-refractivity contribution >= 4 is 17.4 Å². The summed E-state index contributed by atoms with van der Waals surface area (Å²) in [5.74, 6) is 0.365. The third-order valence-electron chi connectivity index (χ3n) is 5.75. The predicted molar refractivity (Wildman–Crippen MR) is 122 cm³/mol. The molecule has 5 rings (SSSR count). The van der Waals surface area contributed by atoms with Gasteiger partial charge in [0, 0.05) is 5.56 Å². The molecular formula is C26H23NO7. The number of hydrogen-bond donors (Lipinski definition) is 1. The van der Waals surface area contributed by atoms with Crippen molar-refractivity contribution in [1.82, 2.24) is 4.90 Å². The van der Waals surface area contributed by atoms with Crippen molar-refractivity contribution in [3.8, 4) is 17.2 Å². The molecule has 2 aromatic carbocycles. The number of fused-ring (bicyclic) bond motifs is 1. The van der Waals surface area contributed by atoms with Crippen LogP contribution in [0.2, 0.25) is 0 Å². The molecule has 1 fully saturated rings. The van der Waals surface area contributed by atoms with E-state index in [0.29, 0.717) is 54.0 Å². The van der Waals surface area contributed by atoms with Gasteiger partial charge in [0.1, 0.15) is 30.5 Å².